The number of hydrogen-bond acceptors (Lipinski definition) is 3. The second kappa shape index (κ2) is 6.20. The van der Waals surface area contributed by atoms with Gasteiger partial charge in [0, 0.05) is 32.1 Å². The van der Waals surface area contributed by atoms with Crippen LogP contribution in [0.1, 0.15) is 26.2 Å². The Balaban J connectivity index is 1.71. The molecule has 0 amide bonds. The average molecular weight is 248 g/mol. The zero-order valence-electron chi connectivity index (χ0n) is 10.0. The van der Waals surface area contributed by atoms with Crippen LogP contribution in [0.4, 0.5) is 0 Å². The molecule has 2 aliphatic rings. The summed E-state index contributed by atoms with van der Waals surface area (Å²) in [6.07, 6.45) is 4.62. The first-order valence-corrected chi connectivity index (χ1v) is 6.86. The number of alkyl halides is 1. The van der Waals surface area contributed by atoms with Crippen molar-refractivity contribution in [1.29, 1.82) is 0 Å². The number of morpholine rings is 1. The van der Waals surface area contributed by atoms with E-state index in [0.717, 1.165) is 32.7 Å². The fourth-order valence-corrected chi connectivity index (χ4v) is 2.78. The first-order valence-electron chi connectivity index (χ1n) is 6.33. The van der Waals surface area contributed by atoms with Crippen molar-refractivity contribution in [2.45, 2.75) is 44.5 Å². The van der Waals surface area contributed by atoms with Crippen molar-refractivity contribution in [1.82, 2.24) is 4.90 Å². The lowest BCUT2D eigenvalue weighted by Crippen LogP contribution is -2.47. The lowest BCUT2D eigenvalue weighted by atomic mass is 10.1. The van der Waals surface area contributed by atoms with E-state index in [1.54, 1.807) is 0 Å². The van der Waals surface area contributed by atoms with Crippen LogP contribution in [0.25, 0.3) is 0 Å². The third-order valence-electron chi connectivity index (χ3n) is 3.37. The molecule has 0 saturated carbocycles. The minimum Gasteiger partial charge on any atom is -0.378 e. The molecule has 2 aliphatic heterocycles. The summed E-state index contributed by atoms with van der Waals surface area (Å²) in [6, 6.07) is 0. The summed E-state index contributed by atoms with van der Waals surface area (Å²) < 4.78 is 11.4. The molecule has 16 heavy (non-hydrogen) atoms. The maximum absolute atomic E-state index is 5.86. The van der Waals surface area contributed by atoms with Gasteiger partial charge in [-0.3, -0.25) is 4.90 Å². The Hall–Kier alpha value is 0.170. The number of nitrogens with zero attached hydrogens (tertiary/aromatic N) is 1. The van der Waals surface area contributed by atoms with Crippen LogP contribution in [0.15, 0.2) is 0 Å². The fourth-order valence-electron chi connectivity index (χ4n) is 2.61. The summed E-state index contributed by atoms with van der Waals surface area (Å²) in [5.74, 6) is 0.598. The van der Waals surface area contributed by atoms with E-state index in [1.165, 1.54) is 12.8 Å². The molecule has 0 bridgehead atoms. The van der Waals surface area contributed by atoms with Crippen LogP contribution in [0.5, 0.6) is 0 Å². The first kappa shape index (κ1) is 12.6. The van der Waals surface area contributed by atoms with Gasteiger partial charge in [0.15, 0.2) is 0 Å². The SMILES string of the molecule is CC1CN(CCC2CCCO2)CC(CCl)O1. The lowest BCUT2D eigenvalue weighted by molar-refractivity contribution is -0.0690. The Bertz CT molecular complexity index is 209. The molecule has 2 heterocycles. The summed E-state index contributed by atoms with van der Waals surface area (Å²) in [6.45, 7) is 6.19. The molecule has 0 aromatic heterocycles. The third-order valence-corrected chi connectivity index (χ3v) is 3.71. The van der Waals surface area contributed by atoms with E-state index < -0.39 is 0 Å². The normalized spacial score (nSPS) is 36.8. The third kappa shape index (κ3) is 3.59. The highest BCUT2D eigenvalue weighted by Crippen LogP contribution is 2.18. The van der Waals surface area contributed by atoms with E-state index in [0.29, 0.717) is 18.1 Å². The zero-order chi connectivity index (χ0) is 11.4. The molecule has 2 fully saturated rings. The van der Waals surface area contributed by atoms with Crippen molar-refractivity contribution < 1.29 is 9.47 Å². The molecular weight excluding hydrogens is 226 g/mol. The maximum Gasteiger partial charge on any atom is 0.0841 e. The molecule has 0 aromatic rings. The number of halogens is 1. The molecular formula is C12H22ClNO2. The monoisotopic (exact) mass is 247 g/mol. The topological polar surface area (TPSA) is 21.7 Å². The molecule has 2 saturated heterocycles. The van der Waals surface area contributed by atoms with Crippen LogP contribution in [0.2, 0.25) is 0 Å². The number of hydrogen-bond donors (Lipinski definition) is 0. The molecule has 4 heteroatoms. The molecule has 3 unspecified atom stereocenters. The van der Waals surface area contributed by atoms with Gasteiger partial charge in [-0.25, -0.2) is 0 Å². The van der Waals surface area contributed by atoms with Gasteiger partial charge in [-0.05, 0) is 26.2 Å². The van der Waals surface area contributed by atoms with Gasteiger partial charge in [-0.1, -0.05) is 0 Å². The summed E-state index contributed by atoms with van der Waals surface area (Å²) in [7, 11) is 0. The van der Waals surface area contributed by atoms with Crippen LogP contribution in [-0.2, 0) is 9.47 Å². The highest BCUT2D eigenvalue weighted by atomic mass is 35.5. The van der Waals surface area contributed by atoms with Gasteiger partial charge in [0.05, 0.1) is 18.3 Å². The predicted molar refractivity (Wildman–Crippen MR) is 65.1 cm³/mol. The molecule has 0 aliphatic carbocycles. The van der Waals surface area contributed by atoms with E-state index in [2.05, 4.69) is 11.8 Å². The Morgan fingerprint density at radius 3 is 2.88 bits per heavy atom. The Kier molecular flexibility index (Phi) is 4.89. The largest absolute Gasteiger partial charge is 0.378 e. The van der Waals surface area contributed by atoms with Crippen LogP contribution >= 0.6 is 11.6 Å². The van der Waals surface area contributed by atoms with Crippen molar-refractivity contribution >= 4 is 11.6 Å². The van der Waals surface area contributed by atoms with Gasteiger partial charge < -0.3 is 9.47 Å². The van der Waals surface area contributed by atoms with Crippen molar-refractivity contribution in [3.8, 4) is 0 Å². The Labute approximate surface area is 103 Å². The highest BCUT2D eigenvalue weighted by molar-refractivity contribution is 6.18. The smallest absolute Gasteiger partial charge is 0.0841 e. The summed E-state index contributed by atoms with van der Waals surface area (Å²) >= 11 is 5.86. The van der Waals surface area contributed by atoms with Crippen molar-refractivity contribution in [3.05, 3.63) is 0 Å². The van der Waals surface area contributed by atoms with Crippen LogP contribution in [0, 0.1) is 0 Å². The Morgan fingerprint density at radius 2 is 2.19 bits per heavy atom. The minimum atomic E-state index is 0.204. The minimum absolute atomic E-state index is 0.204. The van der Waals surface area contributed by atoms with E-state index in [9.17, 15) is 0 Å². The molecule has 3 nitrogen and oxygen atoms in total. The van der Waals surface area contributed by atoms with Gasteiger partial charge in [-0.15, -0.1) is 11.6 Å². The number of ether oxygens (including phenoxy) is 2. The summed E-state index contributed by atoms with van der Waals surface area (Å²) in [5.41, 5.74) is 0. The highest BCUT2D eigenvalue weighted by Gasteiger charge is 2.25. The quantitative estimate of drug-likeness (QED) is 0.709. The van der Waals surface area contributed by atoms with E-state index in [-0.39, 0.29) is 6.10 Å². The fraction of sp³-hybridized carbons (Fsp3) is 1.00. The van der Waals surface area contributed by atoms with Gasteiger partial charge in [0.25, 0.3) is 0 Å². The second-order valence-electron chi connectivity index (χ2n) is 4.91. The molecule has 0 spiro atoms. The molecule has 2 rings (SSSR count). The maximum atomic E-state index is 5.86. The molecule has 0 aromatic carbocycles. The lowest BCUT2D eigenvalue weighted by Gasteiger charge is -2.36. The average Bonchev–Trinajstić information content (AvgIpc) is 2.78. The molecule has 3 atom stereocenters. The van der Waals surface area contributed by atoms with Crippen molar-refractivity contribution in [2.24, 2.45) is 0 Å². The van der Waals surface area contributed by atoms with Crippen molar-refractivity contribution in [3.63, 3.8) is 0 Å². The summed E-state index contributed by atoms with van der Waals surface area (Å²) in [4.78, 5) is 2.46. The molecule has 0 radical (unpaired) electrons. The van der Waals surface area contributed by atoms with Crippen LogP contribution in [-0.4, -0.2) is 55.3 Å². The van der Waals surface area contributed by atoms with E-state index in [1.807, 2.05) is 0 Å². The second-order valence-corrected chi connectivity index (χ2v) is 5.21. The summed E-state index contributed by atoms with van der Waals surface area (Å²) in [5, 5.41) is 0. The molecule has 0 N–H and O–H groups in total. The first-order chi connectivity index (χ1) is 7.78. The standard InChI is InChI=1S/C12H22ClNO2/c1-10-8-14(9-12(7-13)16-10)5-4-11-3-2-6-15-11/h10-12H,2-9H2,1H3. The van der Waals surface area contributed by atoms with Gasteiger partial charge in [0.2, 0.25) is 0 Å². The van der Waals surface area contributed by atoms with E-state index in [4.69, 9.17) is 21.1 Å². The van der Waals surface area contributed by atoms with Crippen LogP contribution < -0.4 is 0 Å². The Morgan fingerprint density at radius 1 is 1.31 bits per heavy atom. The van der Waals surface area contributed by atoms with Gasteiger partial charge in [-0.2, -0.15) is 0 Å². The van der Waals surface area contributed by atoms with E-state index >= 15 is 0 Å². The number of rotatable bonds is 4. The van der Waals surface area contributed by atoms with Crippen molar-refractivity contribution in [2.75, 3.05) is 32.1 Å². The van der Waals surface area contributed by atoms with Crippen LogP contribution in [0.3, 0.4) is 0 Å². The predicted octanol–water partition coefficient (Wildman–Crippen LogP) is 1.88. The zero-order valence-corrected chi connectivity index (χ0v) is 10.8. The van der Waals surface area contributed by atoms with Gasteiger partial charge >= 0.3 is 0 Å². The molecule has 94 valence electrons. The van der Waals surface area contributed by atoms with Gasteiger partial charge in [0.1, 0.15) is 0 Å².